The molecule has 7 nitrogen and oxygen atoms in total. The first-order valence-electron chi connectivity index (χ1n) is 10.6. The maximum Gasteiger partial charge on any atom is 0.160 e. The van der Waals surface area contributed by atoms with Crippen molar-refractivity contribution in [2.24, 2.45) is 12.8 Å². The molecule has 2 atom stereocenters. The maximum absolute atomic E-state index is 11.1. The number of fused-ring (bicyclic) bond motifs is 1. The number of hydrogen-bond donors (Lipinski definition) is 2. The Morgan fingerprint density at radius 2 is 2.00 bits per heavy atom. The number of aryl methyl sites for hydroxylation is 1. The number of hydrogen-bond acceptors (Lipinski definition) is 7. The zero-order chi connectivity index (χ0) is 22.2. The molecule has 4 aromatic rings. The fraction of sp³-hybridized carbons (Fsp3) is 0.292. The number of piperidine rings is 1. The van der Waals surface area contributed by atoms with Gasteiger partial charge in [0.25, 0.3) is 0 Å². The van der Waals surface area contributed by atoms with Gasteiger partial charge in [-0.25, -0.2) is 9.97 Å². The van der Waals surface area contributed by atoms with Gasteiger partial charge in [-0.1, -0.05) is 18.2 Å². The van der Waals surface area contributed by atoms with Crippen LogP contribution in [0.15, 0.2) is 48.8 Å². The fourth-order valence-corrected chi connectivity index (χ4v) is 5.34. The lowest BCUT2D eigenvalue weighted by molar-refractivity contribution is -0.0144. The van der Waals surface area contributed by atoms with Gasteiger partial charge >= 0.3 is 0 Å². The van der Waals surface area contributed by atoms with E-state index in [1.54, 1.807) is 18.5 Å². The number of nitriles is 1. The van der Waals surface area contributed by atoms with E-state index in [0.29, 0.717) is 17.1 Å². The first kappa shape index (κ1) is 20.8. The highest BCUT2D eigenvalue weighted by Gasteiger charge is 2.27. The van der Waals surface area contributed by atoms with Crippen LogP contribution >= 0.6 is 11.3 Å². The van der Waals surface area contributed by atoms with E-state index in [1.165, 1.54) is 11.3 Å². The number of imidazole rings is 1. The quantitative estimate of drug-likeness (QED) is 0.498. The summed E-state index contributed by atoms with van der Waals surface area (Å²) in [6, 6.07) is 15.8. The van der Waals surface area contributed by atoms with E-state index < -0.39 is 6.23 Å². The number of aromatic nitrogens is 3. The van der Waals surface area contributed by atoms with Gasteiger partial charge < -0.3 is 15.4 Å². The van der Waals surface area contributed by atoms with E-state index >= 15 is 0 Å². The molecule has 0 saturated carbocycles. The Morgan fingerprint density at radius 1 is 1.22 bits per heavy atom. The van der Waals surface area contributed by atoms with Crippen molar-refractivity contribution in [1.82, 2.24) is 19.4 Å². The van der Waals surface area contributed by atoms with Gasteiger partial charge in [-0.15, -0.1) is 11.3 Å². The minimum absolute atomic E-state index is 0.0717. The second kappa shape index (κ2) is 8.45. The molecule has 2 aromatic heterocycles. The molecule has 5 rings (SSSR count). The molecule has 1 fully saturated rings. The van der Waals surface area contributed by atoms with E-state index in [1.807, 2.05) is 28.6 Å². The third-order valence-corrected chi connectivity index (χ3v) is 7.12. The van der Waals surface area contributed by atoms with Crippen LogP contribution in [0, 0.1) is 11.3 Å². The number of aliphatic hydroxyl groups excluding tert-OH is 1. The molecule has 1 unspecified atom stereocenters. The van der Waals surface area contributed by atoms with Gasteiger partial charge in [-0.05, 0) is 42.7 Å². The Morgan fingerprint density at radius 3 is 2.75 bits per heavy atom. The van der Waals surface area contributed by atoms with Gasteiger partial charge in [0, 0.05) is 31.7 Å². The summed E-state index contributed by atoms with van der Waals surface area (Å²) in [5.74, 6) is 0. The largest absolute Gasteiger partial charge is 0.372 e. The molecule has 162 valence electrons. The van der Waals surface area contributed by atoms with Crippen molar-refractivity contribution in [3.8, 4) is 27.8 Å². The second-order valence-electron chi connectivity index (χ2n) is 8.25. The van der Waals surface area contributed by atoms with Crippen LogP contribution in [-0.4, -0.2) is 43.7 Å². The van der Waals surface area contributed by atoms with Gasteiger partial charge in [0.2, 0.25) is 0 Å². The van der Waals surface area contributed by atoms with Gasteiger partial charge in [0.05, 0.1) is 39.6 Å². The zero-order valence-corrected chi connectivity index (χ0v) is 18.6. The molecule has 0 spiro atoms. The smallest absolute Gasteiger partial charge is 0.160 e. The number of nitrogens with zero attached hydrogens (tertiary/aromatic N) is 5. The Balaban J connectivity index is 1.60. The number of nitrogens with two attached hydrogens (primary N) is 1. The van der Waals surface area contributed by atoms with Crippen molar-refractivity contribution in [3.05, 3.63) is 59.4 Å². The maximum atomic E-state index is 11.1. The summed E-state index contributed by atoms with van der Waals surface area (Å²) in [4.78, 5) is 12.3. The van der Waals surface area contributed by atoms with E-state index in [9.17, 15) is 5.11 Å². The van der Waals surface area contributed by atoms with Crippen LogP contribution in [0.2, 0.25) is 0 Å². The van der Waals surface area contributed by atoms with Gasteiger partial charge in [0.15, 0.2) is 6.23 Å². The van der Waals surface area contributed by atoms with Gasteiger partial charge in [-0.2, -0.15) is 5.26 Å². The van der Waals surface area contributed by atoms with Crippen LogP contribution in [0.25, 0.3) is 32.7 Å². The van der Waals surface area contributed by atoms with Crippen LogP contribution in [-0.2, 0) is 7.05 Å². The Bertz CT molecular complexity index is 1300. The van der Waals surface area contributed by atoms with Gasteiger partial charge in [-0.3, -0.25) is 4.90 Å². The average molecular weight is 445 g/mol. The van der Waals surface area contributed by atoms with Crippen molar-refractivity contribution < 1.29 is 5.11 Å². The van der Waals surface area contributed by atoms with Crippen molar-refractivity contribution in [2.45, 2.75) is 25.1 Å². The van der Waals surface area contributed by atoms with Crippen LogP contribution in [0.4, 0.5) is 0 Å². The molecule has 3 N–H and O–H groups in total. The van der Waals surface area contributed by atoms with E-state index in [2.05, 4.69) is 29.3 Å². The minimum atomic E-state index is -0.796. The molecule has 0 radical (unpaired) electrons. The second-order valence-corrected chi connectivity index (χ2v) is 9.28. The lowest BCUT2D eigenvalue weighted by atomic mass is 10.0. The van der Waals surface area contributed by atoms with Crippen LogP contribution in [0.5, 0.6) is 0 Å². The minimum Gasteiger partial charge on any atom is -0.372 e. The Kier molecular flexibility index (Phi) is 5.49. The number of aliphatic hydroxyl groups is 1. The lowest BCUT2D eigenvalue weighted by Gasteiger charge is -2.33. The van der Waals surface area contributed by atoms with E-state index in [0.717, 1.165) is 52.1 Å². The summed E-state index contributed by atoms with van der Waals surface area (Å²) >= 11 is 1.49. The molecule has 0 amide bonds. The number of rotatable bonds is 4. The van der Waals surface area contributed by atoms with Crippen molar-refractivity contribution in [1.29, 1.82) is 5.26 Å². The predicted octanol–water partition coefficient (Wildman–Crippen LogP) is 3.65. The van der Waals surface area contributed by atoms with Crippen LogP contribution in [0.3, 0.4) is 0 Å². The van der Waals surface area contributed by atoms with Crippen LogP contribution in [0.1, 0.15) is 29.6 Å². The summed E-state index contributed by atoms with van der Waals surface area (Å²) in [5.41, 5.74) is 11.4. The molecule has 3 heterocycles. The third-order valence-electron chi connectivity index (χ3n) is 5.97. The summed E-state index contributed by atoms with van der Waals surface area (Å²) in [6.07, 6.45) is 2.95. The molecular weight excluding hydrogens is 420 g/mol. The highest BCUT2D eigenvalue weighted by molar-refractivity contribution is 7.15. The van der Waals surface area contributed by atoms with E-state index in [4.69, 9.17) is 16.0 Å². The average Bonchev–Trinajstić information content (AvgIpc) is 3.43. The monoisotopic (exact) mass is 444 g/mol. The number of likely N-dealkylation sites (tertiary alicyclic amines) is 1. The predicted molar refractivity (Wildman–Crippen MR) is 126 cm³/mol. The van der Waals surface area contributed by atoms with Gasteiger partial charge in [0.1, 0.15) is 5.01 Å². The molecule has 0 aliphatic carbocycles. The molecule has 2 aromatic carbocycles. The highest BCUT2D eigenvalue weighted by Crippen LogP contribution is 2.40. The molecule has 0 bridgehead atoms. The first-order chi connectivity index (χ1) is 15.5. The van der Waals surface area contributed by atoms with Crippen molar-refractivity contribution >= 4 is 22.4 Å². The SMILES string of the molecule is Cn1cnc2cc(-c3sc(C(O)N4CCC[C@H](N)C4)nc3-c3ccc(C#N)cc3)ccc21. The zero-order valence-electron chi connectivity index (χ0n) is 17.8. The summed E-state index contributed by atoms with van der Waals surface area (Å²) in [6.45, 7) is 1.46. The Labute approximate surface area is 190 Å². The fourth-order valence-electron chi connectivity index (χ4n) is 4.24. The molecule has 1 aliphatic rings. The highest BCUT2D eigenvalue weighted by atomic mass is 32.1. The van der Waals surface area contributed by atoms with E-state index in [-0.39, 0.29) is 6.04 Å². The summed E-state index contributed by atoms with van der Waals surface area (Å²) in [7, 11) is 1.97. The standard InChI is InChI=1S/C24H24N6OS/c1-29-14-27-19-11-17(8-9-20(19)29)22-21(16-6-4-15(12-25)5-7-16)28-23(32-22)24(31)30-10-2-3-18(26)13-30/h4-9,11,14,18,24,31H,2-3,10,13,26H2,1H3/t18-,24?/m0/s1. The van der Waals surface area contributed by atoms with Crippen LogP contribution < -0.4 is 5.73 Å². The number of benzene rings is 2. The molecule has 8 heteroatoms. The molecular formula is C24H24N6OS. The Hall–Kier alpha value is -3.09. The topological polar surface area (TPSA) is 104 Å². The molecule has 32 heavy (non-hydrogen) atoms. The summed E-state index contributed by atoms with van der Waals surface area (Å²) < 4.78 is 1.99. The molecule has 1 aliphatic heterocycles. The first-order valence-corrected chi connectivity index (χ1v) is 11.5. The van der Waals surface area contributed by atoms with Crippen molar-refractivity contribution in [3.63, 3.8) is 0 Å². The summed E-state index contributed by atoms with van der Waals surface area (Å²) in [5, 5.41) is 20.9. The lowest BCUT2D eigenvalue weighted by Crippen LogP contribution is -2.44. The normalized spacial score (nSPS) is 18.0. The van der Waals surface area contributed by atoms with Crippen molar-refractivity contribution in [2.75, 3.05) is 13.1 Å². The number of thiazole rings is 1. The third kappa shape index (κ3) is 3.80. The molecule has 1 saturated heterocycles.